The number of nitrogens with zero attached hydrogens (tertiary/aromatic N) is 1. The van der Waals surface area contributed by atoms with E-state index < -0.39 is 23.5 Å². The van der Waals surface area contributed by atoms with Crippen molar-refractivity contribution in [2.75, 3.05) is 0 Å². The third-order valence-corrected chi connectivity index (χ3v) is 2.73. The highest BCUT2D eigenvalue weighted by Crippen LogP contribution is 2.24. The minimum atomic E-state index is -0.824. The molecule has 0 bridgehead atoms. The van der Waals surface area contributed by atoms with Gasteiger partial charge in [0.05, 0.1) is 17.8 Å². The summed E-state index contributed by atoms with van der Waals surface area (Å²) >= 11 is 0. The van der Waals surface area contributed by atoms with Gasteiger partial charge in [-0.05, 0) is 31.2 Å². The number of benzene rings is 1. The van der Waals surface area contributed by atoms with Gasteiger partial charge < -0.3 is 10.5 Å². The van der Waals surface area contributed by atoms with E-state index in [0.29, 0.717) is 5.75 Å². The Labute approximate surface area is 114 Å². The van der Waals surface area contributed by atoms with Gasteiger partial charge in [-0.15, -0.1) is 0 Å². The molecule has 2 N–H and O–H groups in total. The molecular weight excluding hydrogens is 266 g/mol. The number of halogens is 2. The molecular formula is C14H12F2N2O2. The molecule has 1 aromatic heterocycles. The predicted octanol–water partition coefficient (Wildman–Crippen LogP) is 2.74. The fourth-order valence-corrected chi connectivity index (χ4v) is 1.58. The summed E-state index contributed by atoms with van der Waals surface area (Å²) in [6.07, 6.45) is 1.28. The fourth-order valence-electron chi connectivity index (χ4n) is 1.58. The largest absolute Gasteiger partial charge is 0.456 e. The Morgan fingerprint density at radius 2 is 1.90 bits per heavy atom. The van der Waals surface area contributed by atoms with Gasteiger partial charge in [0.15, 0.2) is 0 Å². The van der Waals surface area contributed by atoms with Crippen LogP contribution in [0.4, 0.5) is 8.78 Å². The molecule has 1 aromatic carbocycles. The van der Waals surface area contributed by atoms with Gasteiger partial charge in [0, 0.05) is 6.07 Å². The summed E-state index contributed by atoms with van der Waals surface area (Å²) in [5, 5.41) is 0. The molecule has 0 saturated carbocycles. The molecule has 6 heteroatoms. The molecule has 1 heterocycles. The van der Waals surface area contributed by atoms with Crippen molar-refractivity contribution in [3.05, 3.63) is 53.9 Å². The number of pyridine rings is 1. The summed E-state index contributed by atoms with van der Waals surface area (Å²) in [6.45, 7) is 1.47. The predicted molar refractivity (Wildman–Crippen MR) is 68.3 cm³/mol. The van der Waals surface area contributed by atoms with Crippen molar-refractivity contribution in [3.63, 3.8) is 0 Å². The van der Waals surface area contributed by atoms with Crippen LogP contribution in [0.3, 0.4) is 0 Å². The third kappa shape index (κ3) is 3.09. The molecule has 0 spiro atoms. The Kier molecular flexibility index (Phi) is 3.93. The van der Waals surface area contributed by atoms with Crippen molar-refractivity contribution in [2.24, 2.45) is 5.73 Å². The fraction of sp³-hybridized carbons (Fsp3) is 0.143. The number of primary amides is 1. The molecule has 0 aliphatic heterocycles. The van der Waals surface area contributed by atoms with Gasteiger partial charge in [-0.25, -0.2) is 8.78 Å². The van der Waals surface area contributed by atoms with E-state index in [-0.39, 0.29) is 11.4 Å². The van der Waals surface area contributed by atoms with E-state index in [1.54, 1.807) is 0 Å². The van der Waals surface area contributed by atoms with Gasteiger partial charge in [-0.1, -0.05) is 0 Å². The van der Waals surface area contributed by atoms with Crippen LogP contribution in [-0.4, -0.2) is 10.9 Å². The van der Waals surface area contributed by atoms with Gasteiger partial charge in [0.25, 0.3) is 0 Å². The molecule has 20 heavy (non-hydrogen) atoms. The van der Waals surface area contributed by atoms with Crippen LogP contribution in [0, 0.1) is 11.6 Å². The first-order valence-electron chi connectivity index (χ1n) is 5.85. The molecule has 0 aliphatic rings. The normalized spacial score (nSPS) is 11.9. The SMILES string of the molecule is CC(C(N)=O)c1ncc(Oc2ccc(F)cc2)cc1F. The molecule has 0 fully saturated rings. The lowest BCUT2D eigenvalue weighted by atomic mass is 10.1. The van der Waals surface area contributed by atoms with Crippen LogP contribution in [0.2, 0.25) is 0 Å². The van der Waals surface area contributed by atoms with Gasteiger partial charge >= 0.3 is 0 Å². The van der Waals surface area contributed by atoms with E-state index in [1.165, 1.54) is 37.4 Å². The Morgan fingerprint density at radius 1 is 1.25 bits per heavy atom. The minimum Gasteiger partial charge on any atom is -0.456 e. The minimum absolute atomic E-state index is 0.0380. The number of amides is 1. The number of hydrogen-bond acceptors (Lipinski definition) is 3. The molecule has 2 rings (SSSR count). The Morgan fingerprint density at radius 3 is 2.45 bits per heavy atom. The molecule has 0 radical (unpaired) electrons. The van der Waals surface area contributed by atoms with Crippen LogP contribution in [0.15, 0.2) is 36.5 Å². The van der Waals surface area contributed by atoms with Crippen molar-refractivity contribution in [2.45, 2.75) is 12.8 Å². The first kappa shape index (κ1) is 13.9. The summed E-state index contributed by atoms with van der Waals surface area (Å²) in [5.41, 5.74) is 5.06. The average Bonchev–Trinajstić information content (AvgIpc) is 2.41. The van der Waals surface area contributed by atoms with Crippen LogP contribution >= 0.6 is 0 Å². The summed E-state index contributed by atoms with van der Waals surface area (Å²) in [5.74, 6) is -2.07. The molecule has 104 valence electrons. The molecule has 2 aromatic rings. The van der Waals surface area contributed by atoms with E-state index in [0.717, 1.165) is 6.07 Å². The van der Waals surface area contributed by atoms with Crippen LogP contribution in [0.1, 0.15) is 18.5 Å². The number of nitrogens with two attached hydrogens (primary N) is 1. The zero-order valence-electron chi connectivity index (χ0n) is 10.6. The zero-order chi connectivity index (χ0) is 14.7. The summed E-state index contributed by atoms with van der Waals surface area (Å²) < 4.78 is 31.9. The lowest BCUT2D eigenvalue weighted by molar-refractivity contribution is -0.119. The third-order valence-electron chi connectivity index (χ3n) is 2.73. The second-order valence-corrected chi connectivity index (χ2v) is 4.22. The van der Waals surface area contributed by atoms with Crippen molar-refractivity contribution in [3.8, 4) is 11.5 Å². The lowest BCUT2D eigenvalue weighted by Gasteiger charge is -2.10. The maximum atomic E-state index is 13.8. The van der Waals surface area contributed by atoms with E-state index in [1.807, 2.05) is 0 Å². The molecule has 0 saturated heterocycles. The molecule has 1 unspecified atom stereocenters. The standard InChI is InChI=1S/C14H12F2N2O2/c1-8(14(17)19)13-12(16)6-11(7-18-13)20-10-4-2-9(15)3-5-10/h2-8H,1H3,(H2,17,19). The van der Waals surface area contributed by atoms with E-state index in [9.17, 15) is 13.6 Å². The number of aromatic nitrogens is 1. The maximum Gasteiger partial charge on any atom is 0.226 e. The van der Waals surface area contributed by atoms with E-state index in [4.69, 9.17) is 10.5 Å². The second-order valence-electron chi connectivity index (χ2n) is 4.22. The maximum absolute atomic E-state index is 13.8. The highest BCUT2D eigenvalue weighted by molar-refractivity contribution is 5.80. The number of hydrogen-bond donors (Lipinski definition) is 1. The number of rotatable bonds is 4. The summed E-state index contributed by atoms with van der Waals surface area (Å²) in [6, 6.07) is 6.37. The Hall–Kier alpha value is -2.50. The number of carbonyl (C=O) groups excluding carboxylic acids is 1. The molecule has 1 amide bonds. The van der Waals surface area contributed by atoms with Crippen LogP contribution in [0.5, 0.6) is 11.5 Å². The highest BCUT2D eigenvalue weighted by Gasteiger charge is 2.18. The van der Waals surface area contributed by atoms with Gasteiger partial charge in [0.1, 0.15) is 23.1 Å². The van der Waals surface area contributed by atoms with Gasteiger partial charge in [-0.3, -0.25) is 9.78 Å². The smallest absolute Gasteiger partial charge is 0.226 e. The first-order chi connectivity index (χ1) is 9.47. The number of ether oxygens (including phenoxy) is 1. The van der Waals surface area contributed by atoms with E-state index in [2.05, 4.69) is 4.98 Å². The van der Waals surface area contributed by atoms with Gasteiger partial charge in [-0.2, -0.15) is 0 Å². The molecule has 0 aliphatic carbocycles. The average molecular weight is 278 g/mol. The number of carbonyl (C=O) groups is 1. The van der Waals surface area contributed by atoms with Crippen LogP contribution in [0.25, 0.3) is 0 Å². The summed E-state index contributed by atoms with van der Waals surface area (Å²) in [4.78, 5) is 14.8. The Balaban J connectivity index is 2.21. The van der Waals surface area contributed by atoms with Crippen molar-refractivity contribution in [1.82, 2.24) is 4.98 Å². The monoisotopic (exact) mass is 278 g/mol. The molecule has 1 atom stereocenters. The summed E-state index contributed by atoms with van der Waals surface area (Å²) in [7, 11) is 0. The van der Waals surface area contributed by atoms with Crippen molar-refractivity contribution < 1.29 is 18.3 Å². The topological polar surface area (TPSA) is 65.2 Å². The Bertz CT molecular complexity index is 630. The highest BCUT2D eigenvalue weighted by atomic mass is 19.1. The van der Waals surface area contributed by atoms with E-state index >= 15 is 0 Å². The quantitative estimate of drug-likeness (QED) is 0.935. The first-order valence-corrected chi connectivity index (χ1v) is 5.85. The van der Waals surface area contributed by atoms with Crippen LogP contribution < -0.4 is 10.5 Å². The van der Waals surface area contributed by atoms with Gasteiger partial charge in [0.2, 0.25) is 5.91 Å². The lowest BCUT2D eigenvalue weighted by Crippen LogP contribution is -2.20. The van der Waals surface area contributed by atoms with Crippen LogP contribution in [-0.2, 0) is 4.79 Å². The van der Waals surface area contributed by atoms with Crippen molar-refractivity contribution in [1.29, 1.82) is 0 Å². The zero-order valence-corrected chi connectivity index (χ0v) is 10.6. The van der Waals surface area contributed by atoms with Crippen molar-refractivity contribution >= 4 is 5.91 Å². The second kappa shape index (κ2) is 5.64. The molecule has 4 nitrogen and oxygen atoms in total.